The van der Waals surface area contributed by atoms with Gasteiger partial charge in [0, 0.05) is 26.0 Å². The zero-order valence-corrected chi connectivity index (χ0v) is 10.9. The van der Waals surface area contributed by atoms with Crippen LogP contribution in [0.25, 0.3) is 0 Å². The number of aryl methyl sites for hydroxylation is 2. The second-order valence-electron chi connectivity index (χ2n) is 4.80. The van der Waals surface area contributed by atoms with Crippen LogP contribution >= 0.6 is 11.6 Å². The third-order valence-corrected chi connectivity index (χ3v) is 3.74. The van der Waals surface area contributed by atoms with E-state index < -0.39 is 0 Å². The van der Waals surface area contributed by atoms with E-state index in [0.717, 1.165) is 24.7 Å². The van der Waals surface area contributed by atoms with Gasteiger partial charge in [0.05, 0.1) is 11.4 Å². The molecule has 0 aliphatic carbocycles. The van der Waals surface area contributed by atoms with E-state index in [1.807, 2.05) is 18.7 Å². The van der Waals surface area contributed by atoms with Gasteiger partial charge in [-0.1, -0.05) is 0 Å². The molecule has 0 radical (unpaired) electrons. The first-order valence-corrected chi connectivity index (χ1v) is 6.50. The SMILES string of the molecule is Cc1cc(CN2CCCC(CCl)C2)n(C)n1. The minimum atomic E-state index is 0.671. The molecular weight excluding hydrogens is 222 g/mol. The van der Waals surface area contributed by atoms with Crippen LogP contribution in [0.15, 0.2) is 6.07 Å². The van der Waals surface area contributed by atoms with E-state index in [4.69, 9.17) is 11.6 Å². The molecule has 2 rings (SSSR count). The van der Waals surface area contributed by atoms with Crippen molar-refractivity contribution in [3.05, 3.63) is 17.5 Å². The molecule has 2 heterocycles. The lowest BCUT2D eigenvalue weighted by atomic mass is 10.00. The van der Waals surface area contributed by atoms with Gasteiger partial charge in [0.2, 0.25) is 0 Å². The second-order valence-corrected chi connectivity index (χ2v) is 5.11. The number of aromatic nitrogens is 2. The van der Waals surface area contributed by atoms with E-state index in [1.54, 1.807) is 0 Å². The maximum absolute atomic E-state index is 5.94. The highest BCUT2D eigenvalue weighted by Gasteiger charge is 2.19. The molecule has 0 aromatic carbocycles. The normalized spacial score (nSPS) is 22.6. The van der Waals surface area contributed by atoms with Gasteiger partial charge in [-0.05, 0) is 38.3 Å². The van der Waals surface area contributed by atoms with Crippen molar-refractivity contribution in [2.24, 2.45) is 13.0 Å². The summed E-state index contributed by atoms with van der Waals surface area (Å²) in [6.07, 6.45) is 2.55. The molecule has 0 amide bonds. The predicted molar refractivity (Wildman–Crippen MR) is 66.7 cm³/mol. The van der Waals surface area contributed by atoms with Crippen LogP contribution in [0.1, 0.15) is 24.2 Å². The molecule has 0 bridgehead atoms. The minimum Gasteiger partial charge on any atom is -0.297 e. The molecule has 16 heavy (non-hydrogen) atoms. The molecule has 1 aromatic heterocycles. The van der Waals surface area contributed by atoms with Crippen molar-refractivity contribution in [3.63, 3.8) is 0 Å². The van der Waals surface area contributed by atoms with E-state index >= 15 is 0 Å². The Balaban J connectivity index is 1.96. The first-order chi connectivity index (χ1) is 7.69. The van der Waals surface area contributed by atoms with Crippen molar-refractivity contribution in [2.45, 2.75) is 26.3 Å². The highest BCUT2D eigenvalue weighted by Crippen LogP contribution is 2.19. The van der Waals surface area contributed by atoms with Crippen LogP contribution in [0.4, 0.5) is 0 Å². The van der Waals surface area contributed by atoms with E-state index in [-0.39, 0.29) is 0 Å². The Bertz CT molecular complexity index is 348. The number of alkyl halides is 1. The molecule has 1 unspecified atom stereocenters. The van der Waals surface area contributed by atoms with Gasteiger partial charge < -0.3 is 0 Å². The number of hydrogen-bond acceptors (Lipinski definition) is 2. The largest absolute Gasteiger partial charge is 0.297 e. The topological polar surface area (TPSA) is 21.1 Å². The van der Waals surface area contributed by atoms with E-state index in [0.29, 0.717) is 5.92 Å². The summed E-state index contributed by atoms with van der Waals surface area (Å²) in [5.41, 5.74) is 2.40. The highest BCUT2D eigenvalue weighted by molar-refractivity contribution is 6.18. The van der Waals surface area contributed by atoms with Crippen molar-refractivity contribution >= 4 is 11.6 Å². The first-order valence-electron chi connectivity index (χ1n) is 5.97. The molecule has 4 heteroatoms. The van der Waals surface area contributed by atoms with Crippen molar-refractivity contribution in [3.8, 4) is 0 Å². The molecule has 1 aliphatic heterocycles. The Hall–Kier alpha value is -0.540. The van der Waals surface area contributed by atoms with Gasteiger partial charge in [0.15, 0.2) is 0 Å². The Morgan fingerprint density at radius 3 is 3.00 bits per heavy atom. The van der Waals surface area contributed by atoms with Crippen LogP contribution in [0.3, 0.4) is 0 Å². The zero-order chi connectivity index (χ0) is 11.5. The third-order valence-electron chi connectivity index (χ3n) is 3.31. The lowest BCUT2D eigenvalue weighted by Crippen LogP contribution is -2.36. The lowest BCUT2D eigenvalue weighted by molar-refractivity contribution is 0.174. The van der Waals surface area contributed by atoms with Gasteiger partial charge in [0.1, 0.15) is 0 Å². The molecule has 1 aliphatic rings. The average molecular weight is 242 g/mol. The fourth-order valence-electron chi connectivity index (χ4n) is 2.46. The van der Waals surface area contributed by atoms with Crippen LogP contribution in [0.2, 0.25) is 0 Å². The lowest BCUT2D eigenvalue weighted by Gasteiger charge is -2.31. The summed E-state index contributed by atoms with van der Waals surface area (Å²) in [4.78, 5) is 2.49. The molecule has 1 aromatic rings. The van der Waals surface area contributed by atoms with Crippen LogP contribution < -0.4 is 0 Å². The Morgan fingerprint density at radius 2 is 2.38 bits per heavy atom. The fraction of sp³-hybridized carbons (Fsp3) is 0.750. The van der Waals surface area contributed by atoms with Crippen LogP contribution in [-0.4, -0.2) is 33.6 Å². The number of rotatable bonds is 3. The van der Waals surface area contributed by atoms with Crippen molar-refractivity contribution < 1.29 is 0 Å². The summed E-state index contributed by atoms with van der Waals surface area (Å²) < 4.78 is 1.99. The molecule has 90 valence electrons. The number of likely N-dealkylation sites (tertiary alicyclic amines) is 1. The average Bonchev–Trinajstić information content (AvgIpc) is 2.58. The monoisotopic (exact) mass is 241 g/mol. The van der Waals surface area contributed by atoms with Crippen LogP contribution in [0, 0.1) is 12.8 Å². The Labute approximate surface area is 102 Å². The number of piperidine rings is 1. The Kier molecular flexibility index (Phi) is 3.87. The smallest absolute Gasteiger partial charge is 0.0597 e. The molecule has 1 atom stereocenters. The molecule has 1 fully saturated rings. The number of nitrogens with zero attached hydrogens (tertiary/aromatic N) is 3. The zero-order valence-electron chi connectivity index (χ0n) is 10.1. The van der Waals surface area contributed by atoms with Crippen molar-refractivity contribution in [1.82, 2.24) is 14.7 Å². The van der Waals surface area contributed by atoms with Gasteiger partial charge >= 0.3 is 0 Å². The highest BCUT2D eigenvalue weighted by atomic mass is 35.5. The number of halogens is 1. The van der Waals surface area contributed by atoms with Gasteiger partial charge in [-0.3, -0.25) is 9.58 Å². The maximum Gasteiger partial charge on any atom is 0.0597 e. The van der Waals surface area contributed by atoms with E-state index in [9.17, 15) is 0 Å². The van der Waals surface area contributed by atoms with E-state index in [1.165, 1.54) is 25.1 Å². The summed E-state index contributed by atoms with van der Waals surface area (Å²) in [6, 6.07) is 2.17. The van der Waals surface area contributed by atoms with Crippen LogP contribution in [0.5, 0.6) is 0 Å². The minimum absolute atomic E-state index is 0.671. The Morgan fingerprint density at radius 1 is 1.56 bits per heavy atom. The molecular formula is C12H20ClN3. The quantitative estimate of drug-likeness (QED) is 0.757. The number of hydrogen-bond donors (Lipinski definition) is 0. The van der Waals surface area contributed by atoms with Crippen molar-refractivity contribution in [2.75, 3.05) is 19.0 Å². The first kappa shape index (κ1) is 11.9. The summed E-state index contributed by atoms with van der Waals surface area (Å²) >= 11 is 5.94. The molecule has 3 nitrogen and oxygen atoms in total. The summed E-state index contributed by atoms with van der Waals surface area (Å²) in [5, 5.41) is 4.38. The standard InChI is InChI=1S/C12H20ClN3/c1-10-6-12(15(2)14-10)9-16-5-3-4-11(7-13)8-16/h6,11H,3-5,7-9H2,1-2H3. The second kappa shape index (κ2) is 5.19. The van der Waals surface area contributed by atoms with Crippen molar-refractivity contribution in [1.29, 1.82) is 0 Å². The van der Waals surface area contributed by atoms with Crippen LogP contribution in [-0.2, 0) is 13.6 Å². The predicted octanol–water partition coefficient (Wildman–Crippen LogP) is 2.18. The van der Waals surface area contributed by atoms with Gasteiger partial charge in [-0.15, -0.1) is 11.6 Å². The molecule has 0 N–H and O–H groups in total. The van der Waals surface area contributed by atoms with Gasteiger partial charge in [0.25, 0.3) is 0 Å². The summed E-state index contributed by atoms with van der Waals surface area (Å²) in [5.74, 6) is 1.46. The van der Waals surface area contributed by atoms with Gasteiger partial charge in [-0.25, -0.2) is 0 Å². The summed E-state index contributed by atoms with van der Waals surface area (Å²) in [7, 11) is 2.02. The maximum atomic E-state index is 5.94. The summed E-state index contributed by atoms with van der Waals surface area (Å²) in [6.45, 7) is 5.37. The van der Waals surface area contributed by atoms with Gasteiger partial charge in [-0.2, -0.15) is 5.10 Å². The third kappa shape index (κ3) is 2.77. The molecule has 0 saturated carbocycles. The molecule has 1 saturated heterocycles. The molecule has 0 spiro atoms. The fourth-order valence-corrected chi connectivity index (χ4v) is 2.71. The van der Waals surface area contributed by atoms with E-state index in [2.05, 4.69) is 16.1 Å².